The Morgan fingerprint density at radius 1 is 1.00 bits per heavy atom. The van der Waals surface area contributed by atoms with E-state index in [0.717, 1.165) is 44.5 Å². The lowest BCUT2D eigenvalue weighted by Gasteiger charge is -2.37. The van der Waals surface area contributed by atoms with Gasteiger partial charge in [0, 0.05) is 37.8 Å². The van der Waals surface area contributed by atoms with Gasteiger partial charge in [-0.25, -0.2) is 9.97 Å². The fourth-order valence-corrected chi connectivity index (χ4v) is 4.85. The molecular formula is C22H29N5O. The van der Waals surface area contributed by atoms with Crippen LogP contribution in [-0.2, 0) is 17.6 Å². The van der Waals surface area contributed by atoms with Gasteiger partial charge in [-0.05, 0) is 43.4 Å². The van der Waals surface area contributed by atoms with E-state index in [-0.39, 0.29) is 0 Å². The Labute approximate surface area is 166 Å². The Bertz CT molecular complexity index is 782. The summed E-state index contributed by atoms with van der Waals surface area (Å²) in [7, 11) is 0. The Hall–Kier alpha value is -2.18. The number of rotatable bonds is 4. The molecule has 1 aliphatic carbocycles. The minimum Gasteiger partial charge on any atom is -0.378 e. The lowest BCUT2D eigenvalue weighted by Crippen LogP contribution is -2.47. The number of likely N-dealkylation sites (tertiary alicyclic amines) is 1. The molecule has 3 aliphatic rings. The lowest BCUT2D eigenvalue weighted by atomic mass is 10.0. The van der Waals surface area contributed by atoms with Crippen LogP contribution in [-0.4, -0.2) is 66.3 Å². The minimum atomic E-state index is 0.449. The number of aromatic nitrogens is 2. The SMILES string of the molecule is c1ccc2c(c1)CC(N1CCC[C@H](Nc3cc(N4CCOCC4)ncn3)C1)C2. The molecule has 5 rings (SSSR count). The number of benzene rings is 1. The second kappa shape index (κ2) is 8.05. The molecule has 0 saturated carbocycles. The molecule has 1 aromatic heterocycles. The first-order chi connectivity index (χ1) is 13.8. The van der Waals surface area contributed by atoms with Crippen molar-refractivity contribution in [2.24, 2.45) is 0 Å². The van der Waals surface area contributed by atoms with E-state index >= 15 is 0 Å². The van der Waals surface area contributed by atoms with E-state index in [0.29, 0.717) is 12.1 Å². The fraction of sp³-hybridized carbons (Fsp3) is 0.545. The summed E-state index contributed by atoms with van der Waals surface area (Å²) in [6.07, 6.45) is 6.51. The quantitative estimate of drug-likeness (QED) is 0.880. The highest BCUT2D eigenvalue weighted by molar-refractivity contribution is 5.49. The van der Waals surface area contributed by atoms with Gasteiger partial charge in [0.15, 0.2) is 0 Å². The molecule has 2 aromatic rings. The predicted molar refractivity (Wildman–Crippen MR) is 111 cm³/mol. The summed E-state index contributed by atoms with van der Waals surface area (Å²) in [6.45, 7) is 5.64. The highest BCUT2D eigenvalue weighted by atomic mass is 16.5. The number of nitrogens with zero attached hydrogens (tertiary/aromatic N) is 4. The number of anilines is 2. The third-order valence-electron chi connectivity index (χ3n) is 6.34. The van der Waals surface area contributed by atoms with E-state index in [1.54, 1.807) is 6.33 Å². The highest BCUT2D eigenvalue weighted by Crippen LogP contribution is 2.28. The molecule has 1 N–H and O–H groups in total. The Morgan fingerprint density at radius 2 is 1.79 bits per heavy atom. The van der Waals surface area contributed by atoms with E-state index < -0.39 is 0 Å². The number of ether oxygens (including phenoxy) is 1. The molecule has 148 valence electrons. The van der Waals surface area contributed by atoms with Gasteiger partial charge >= 0.3 is 0 Å². The zero-order valence-electron chi connectivity index (χ0n) is 16.4. The van der Waals surface area contributed by atoms with E-state index in [2.05, 4.69) is 55.4 Å². The van der Waals surface area contributed by atoms with Crippen LogP contribution >= 0.6 is 0 Å². The first-order valence-electron chi connectivity index (χ1n) is 10.6. The lowest BCUT2D eigenvalue weighted by molar-refractivity contribution is 0.122. The molecule has 1 aromatic carbocycles. The number of piperidine rings is 1. The fourth-order valence-electron chi connectivity index (χ4n) is 4.85. The average molecular weight is 380 g/mol. The average Bonchev–Trinajstić information content (AvgIpc) is 3.19. The van der Waals surface area contributed by atoms with Crippen LogP contribution < -0.4 is 10.2 Å². The van der Waals surface area contributed by atoms with Crippen molar-refractivity contribution in [1.82, 2.24) is 14.9 Å². The van der Waals surface area contributed by atoms with Crippen LogP contribution in [0, 0.1) is 0 Å². The maximum Gasteiger partial charge on any atom is 0.134 e. The van der Waals surface area contributed by atoms with E-state index in [4.69, 9.17) is 4.74 Å². The molecule has 3 heterocycles. The van der Waals surface area contributed by atoms with Crippen LogP contribution in [0.1, 0.15) is 24.0 Å². The van der Waals surface area contributed by atoms with E-state index in [1.165, 1.54) is 43.4 Å². The molecule has 0 radical (unpaired) electrons. The molecule has 6 heteroatoms. The van der Waals surface area contributed by atoms with Gasteiger partial charge in [0.2, 0.25) is 0 Å². The molecular weight excluding hydrogens is 350 g/mol. The molecule has 2 aliphatic heterocycles. The van der Waals surface area contributed by atoms with Crippen molar-refractivity contribution in [2.45, 2.75) is 37.8 Å². The maximum atomic E-state index is 5.45. The second-order valence-electron chi connectivity index (χ2n) is 8.17. The standard InChI is InChI=1S/C22H29N5O/c1-2-5-18-13-20(12-17(18)4-1)27-7-3-6-19(15-27)25-21-14-22(24-16-23-21)26-8-10-28-11-9-26/h1-2,4-5,14,16,19-20H,3,6-13,15H2,(H,23,24,25)/t19-/m0/s1. The Balaban J connectivity index is 1.22. The molecule has 1 atom stereocenters. The maximum absolute atomic E-state index is 5.45. The van der Waals surface area contributed by atoms with Crippen molar-refractivity contribution < 1.29 is 4.74 Å². The molecule has 0 unspecified atom stereocenters. The summed E-state index contributed by atoms with van der Waals surface area (Å²) in [5.41, 5.74) is 3.07. The van der Waals surface area contributed by atoms with Crippen molar-refractivity contribution in [3.8, 4) is 0 Å². The third kappa shape index (κ3) is 3.84. The molecule has 0 bridgehead atoms. The topological polar surface area (TPSA) is 53.5 Å². The smallest absolute Gasteiger partial charge is 0.134 e. The number of fused-ring (bicyclic) bond motifs is 1. The van der Waals surface area contributed by atoms with E-state index in [1.807, 2.05) is 0 Å². The van der Waals surface area contributed by atoms with Gasteiger partial charge in [0.1, 0.15) is 18.0 Å². The summed E-state index contributed by atoms with van der Waals surface area (Å²) in [5.74, 6) is 1.94. The highest BCUT2D eigenvalue weighted by Gasteiger charge is 2.30. The largest absolute Gasteiger partial charge is 0.378 e. The number of hydrogen-bond donors (Lipinski definition) is 1. The summed E-state index contributed by atoms with van der Waals surface area (Å²) in [5, 5.41) is 3.68. The predicted octanol–water partition coefficient (Wildman–Crippen LogP) is 2.36. The van der Waals surface area contributed by atoms with Gasteiger partial charge in [-0.1, -0.05) is 24.3 Å². The Kier molecular flexibility index (Phi) is 5.14. The number of morpholine rings is 1. The van der Waals surface area contributed by atoms with Crippen LogP contribution in [0.5, 0.6) is 0 Å². The molecule has 2 saturated heterocycles. The van der Waals surface area contributed by atoms with Gasteiger partial charge in [-0.2, -0.15) is 0 Å². The van der Waals surface area contributed by atoms with Gasteiger partial charge in [0.25, 0.3) is 0 Å². The van der Waals surface area contributed by atoms with Crippen molar-refractivity contribution in [3.05, 3.63) is 47.8 Å². The minimum absolute atomic E-state index is 0.449. The van der Waals surface area contributed by atoms with Crippen molar-refractivity contribution in [2.75, 3.05) is 49.6 Å². The van der Waals surface area contributed by atoms with Gasteiger partial charge in [-0.3, -0.25) is 4.90 Å². The zero-order valence-corrected chi connectivity index (χ0v) is 16.4. The summed E-state index contributed by atoms with van der Waals surface area (Å²) in [4.78, 5) is 13.9. The van der Waals surface area contributed by atoms with Crippen molar-refractivity contribution in [1.29, 1.82) is 0 Å². The van der Waals surface area contributed by atoms with E-state index in [9.17, 15) is 0 Å². The molecule has 2 fully saturated rings. The van der Waals surface area contributed by atoms with Crippen LogP contribution in [0.25, 0.3) is 0 Å². The third-order valence-corrected chi connectivity index (χ3v) is 6.34. The first kappa shape index (κ1) is 17.9. The number of nitrogens with one attached hydrogen (secondary N) is 1. The summed E-state index contributed by atoms with van der Waals surface area (Å²) in [6, 6.07) is 12.1. The van der Waals surface area contributed by atoms with Gasteiger partial charge in [0.05, 0.1) is 13.2 Å². The van der Waals surface area contributed by atoms with Crippen LogP contribution in [0.15, 0.2) is 36.7 Å². The monoisotopic (exact) mass is 379 g/mol. The summed E-state index contributed by atoms with van der Waals surface area (Å²) < 4.78 is 5.45. The Morgan fingerprint density at radius 3 is 2.57 bits per heavy atom. The first-order valence-corrected chi connectivity index (χ1v) is 10.6. The molecule has 0 spiro atoms. The normalized spacial score (nSPS) is 23.6. The number of hydrogen-bond acceptors (Lipinski definition) is 6. The van der Waals surface area contributed by atoms with Crippen LogP contribution in [0.3, 0.4) is 0 Å². The second-order valence-corrected chi connectivity index (χ2v) is 8.17. The van der Waals surface area contributed by atoms with Crippen LogP contribution in [0.4, 0.5) is 11.6 Å². The summed E-state index contributed by atoms with van der Waals surface area (Å²) >= 11 is 0. The van der Waals surface area contributed by atoms with Gasteiger partial charge < -0.3 is 15.0 Å². The molecule has 0 amide bonds. The van der Waals surface area contributed by atoms with Crippen molar-refractivity contribution >= 4 is 11.6 Å². The van der Waals surface area contributed by atoms with Crippen molar-refractivity contribution in [3.63, 3.8) is 0 Å². The molecule has 28 heavy (non-hydrogen) atoms. The zero-order chi connectivity index (χ0) is 18.8. The molecule has 6 nitrogen and oxygen atoms in total. The van der Waals surface area contributed by atoms with Crippen LogP contribution in [0.2, 0.25) is 0 Å². The van der Waals surface area contributed by atoms with Gasteiger partial charge in [-0.15, -0.1) is 0 Å².